The van der Waals surface area contributed by atoms with E-state index in [2.05, 4.69) is 4.90 Å². The molecule has 23 heavy (non-hydrogen) atoms. The Labute approximate surface area is 137 Å². The Morgan fingerprint density at radius 1 is 1.30 bits per heavy atom. The van der Waals surface area contributed by atoms with Crippen LogP contribution >= 0.6 is 0 Å². The van der Waals surface area contributed by atoms with E-state index in [4.69, 9.17) is 0 Å². The Morgan fingerprint density at radius 2 is 1.87 bits per heavy atom. The van der Waals surface area contributed by atoms with E-state index in [1.54, 1.807) is 16.4 Å². The zero-order valence-corrected chi connectivity index (χ0v) is 14.5. The molecule has 0 bridgehead atoms. The highest BCUT2D eigenvalue weighted by atomic mass is 32.2. The van der Waals surface area contributed by atoms with Gasteiger partial charge in [-0.2, -0.15) is 4.31 Å². The summed E-state index contributed by atoms with van der Waals surface area (Å²) in [5.41, 5.74) is 0.694. The lowest BCUT2D eigenvalue weighted by atomic mass is 10.0. The molecule has 0 aromatic heterocycles. The number of aliphatic hydroxyl groups excluding tert-OH is 1. The van der Waals surface area contributed by atoms with Crippen LogP contribution in [-0.2, 0) is 10.0 Å². The smallest absolute Gasteiger partial charge is 0.211 e. The second-order valence-corrected chi connectivity index (χ2v) is 8.00. The van der Waals surface area contributed by atoms with Gasteiger partial charge in [-0.1, -0.05) is 19.1 Å². The SMILES string of the molecule is CCN(C1CCN(CC(O)c2ccc(F)cc2)CC1)S(C)(=O)=O. The first kappa shape index (κ1) is 18.3. The van der Waals surface area contributed by atoms with Gasteiger partial charge < -0.3 is 10.0 Å². The van der Waals surface area contributed by atoms with Gasteiger partial charge in [-0.3, -0.25) is 0 Å². The minimum atomic E-state index is -3.17. The highest BCUT2D eigenvalue weighted by Gasteiger charge is 2.29. The summed E-state index contributed by atoms with van der Waals surface area (Å²) >= 11 is 0. The summed E-state index contributed by atoms with van der Waals surface area (Å²) in [7, 11) is -3.17. The molecule has 0 radical (unpaired) electrons. The standard InChI is InChI=1S/C16H25FN2O3S/c1-3-19(23(2,21)22)15-8-10-18(11-9-15)12-16(20)13-4-6-14(17)7-5-13/h4-7,15-16,20H,3,8-12H2,1-2H3. The molecule has 0 aliphatic carbocycles. The summed E-state index contributed by atoms with van der Waals surface area (Å²) in [6, 6.07) is 5.91. The van der Waals surface area contributed by atoms with Gasteiger partial charge in [-0.25, -0.2) is 12.8 Å². The number of hydrogen-bond donors (Lipinski definition) is 1. The van der Waals surface area contributed by atoms with E-state index < -0.39 is 16.1 Å². The van der Waals surface area contributed by atoms with Crippen molar-refractivity contribution in [1.29, 1.82) is 0 Å². The minimum Gasteiger partial charge on any atom is -0.387 e. The first-order chi connectivity index (χ1) is 10.8. The number of hydrogen-bond acceptors (Lipinski definition) is 4. The van der Waals surface area contributed by atoms with Crippen molar-refractivity contribution in [3.8, 4) is 0 Å². The van der Waals surface area contributed by atoms with Gasteiger partial charge in [-0.05, 0) is 43.6 Å². The fourth-order valence-electron chi connectivity index (χ4n) is 3.19. The molecule has 1 fully saturated rings. The summed E-state index contributed by atoms with van der Waals surface area (Å²) in [5, 5.41) is 10.2. The van der Waals surface area contributed by atoms with Crippen LogP contribution in [-0.4, -0.2) is 61.2 Å². The van der Waals surface area contributed by atoms with E-state index >= 15 is 0 Å². The number of halogens is 1. The Morgan fingerprint density at radius 3 is 2.35 bits per heavy atom. The molecule has 0 spiro atoms. The van der Waals surface area contributed by atoms with Crippen LogP contribution in [0.5, 0.6) is 0 Å². The van der Waals surface area contributed by atoms with Crippen LogP contribution in [0.15, 0.2) is 24.3 Å². The number of rotatable bonds is 6. The number of piperidine rings is 1. The van der Waals surface area contributed by atoms with Gasteiger partial charge >= 0.3 is 0 Å². The zero-order chi connectivity index (χ0) is 17.0. The Kier molecular flexibility index (Phi) is 6.13. The summed E-state index contributed by atoms with van der Waals surface area (Å²) < 4.78 is 38.0. The average Bonchev–Trinajstić information content (AvgIpc) is 2.49. The van der Waals surface area contributed by atoms with Gasteiger partial charge in [0.1, 0.15) is 5.82 Å². The molecule has 1 aromatic carbocycles. The van der Waals surface area contributed by atoms with E-state index in [9.17, 15) is 17.9 Å². The lowest BCUT2D eigenvalue weighted by Crippen LogP contribution is -2.47. The van der Waals surface area contributed by atoms with Crippen molar-refractivity contribution in [1.82, 2.24) is 9.21 Å². The molecule has 0 amide bonds. The van der Waals surface area contributed by atoms with Crippen LogP contribution in [0.25, 0.3) is 0 Å². The molecule has 1 unspecified atom stereocenters. The maximum absolute atomic E-state index is 12.9. The first-order valence-corrected chi connectivity index (χ1v) is 9.78. The van der Waals surface area contributed by atoms with Gasteiger partial charge in [0.15, 0.2) is 0 Å². The van der Waals surface area contributed by atoms with Crippen LogP contribution in [0.4, 0.5) is 4.39 Å². The van der Waals surface area contributed by atoms with Crippen LogP contribution in [0, 0.1) is 5.82 Å². The Balaban J connectivity index is 1.88. The van der Waals surface area contributed by atoms with E-state index in [1.165, 1.54) is 18.4 Å². The quantitative estimate of drug-likeness (QED) is 0.852. The molecule has 1 saturated heterocycles. The number of aliphatic hydroxyl groups is 1. The number of nitrogens with zero attached hydrogens (tertiary/aromatic N) is 2. The van der Waals surface area contributed by atoms with Crippen LogP contribution < -0.4 is 0 Å². The normalized spacial score (nSPS) is 19.2. The molecule has 1 heterocycles. The van der Waals surface area contributed by atoms with Crippen LogP contribution in [0.2, 0.25) is 0 Å². The van der Waals surface area contributed by atoms with E-state index in [0.29, 0.717) is 18.7 Å². The van der Waals surface area contributed by atoms with Crippen molar-refractivity contribution in [3.63, 3.8) is 0 Å². The Bertz CT molecular complexity index is 598. The second kappa shape index (κ2) is 7.70. The fourth-order valence-corrected chi connectivity index (χ4v) is 4.41. The minimum absolute atomic E-state index is 0.0363. The predicted molar refractivity (Wildman–Crippen MR) is 88.0 cm³/mol. The summed E-state index contributed by atoms with van der Waals surface area (Å²) in [6.45, 7) is 4.31. The van der Waals surface area contributed by atoms with Crippen molar-refractivity contribution >= 4 is 10.0 Å². The van der Waals surface area contributed by atoms with Gasteiger partial charge in [0.05, 0.1) is 12.4 Å². The van der Waals surface area contributed by atoms with E-state index in [1.807, 2.05) is 6.92 Å². The van der Waals surface area contributed by atoms with Gasteiger partial charge in [-0.15, -0.1) is 0 Å². The molecular weight excluding hydrogens is 319 g/mol. The molecule has 1 aromatic rings. The number of benzene rings is 1. The van der Waals surface area contributed by atoms with Crippen molar-refractivity contribution in [2.45, 2.75) is 31.9 Å². The number of likely N-dealkylation sites (tertiary alicyclic amines) is 1. The molecule has 2 rings (SSSR count). The average molecular weight is 344 g/mol. The van der Waals surface area contributed by atoms with Gasteiger partial charge in [0, 0.05) is 19.1 Å². The molecule has 1 N–H and O–H groups in total. The molecule has 0 saturated carbocycles. The topological polar surface area (TPSA) is 60.9 Å². The summed E-state index contributed by atoms with van der Waals surface area (Å²) in [4.78, 5) is 2.13. The molecule has 1 aliphatic rings. The maximum Gasteiger partial charge on any atom is 0.211 e. The summed E-state index contributed by atoms with van der Waals surface area (Å²) in [5.74, 6) is -0.317. The van der Waals surface area contributed by atoms with Crippen molar-refractivity contribution < 1.29 is 17.9 Å². The van der Waals surface area contributed by atoms with E-state index in [0.717, 1.165) is 25.9 Å². The highest BCUT2D eigenvalue weighted by Crippen LogP contribution is 2.21. The maximum atomic E-state index is 12.9. The largest absolute Gasteiger partial charge is 0.387 e. The second-order valence-electron chi connectivity index (χ2n) is 6.07. The fraction of sp³-hybridized carbons (Fsp3) is 0.625. The number of sulfonamides is 1. The monoisotopic (exact) mass is 344 g/mol. The summed E-state index contributed by atoms with van der Waals surface area (Å²) in [6.07, 6.45) is 2.11. The molecule has 1 aliphatic heterocycles. The zero-order valence-electron chi connectivity index (χ0n) is 13.7. The lowest BCUT2D eigenvalue weighted by Gasteiger charge is -2.37. The molecule has 130 valence electrons. The third kappa shape index (κ3) is 4.97. The molecule has 7 heteroatoms. The molecule has 1 atom stereocenters. The van der Waals surface area contributed by atoms with Crippen molar-refractivity contribution in [3.05, 3.63) is 35.6 Å². The predicted octanol–water partition coefficient (Wildman–Crippen LogP) is 1.60. The first-order valence-electron chi connectivity index (χ1n) is 7.94. The van der Waals surface area contributed by atoms with Crippen LogP contribution in [0.1, 0.15) is 31.4 Å². The van der Waals surface area contributed by atoms with Gasteiger partial charge in [0.25, 0.3) is 0 Å². The molecular formula is C16H25FN2O3S. The van der Waals surface area contributed by atoms with Crippen LogP contribution in [0.3, 0.4) is 0 Å². The molecule has 5 nitrogen and oxygen atoms in total. The van der Waals surface area contributed by atoms with Crippen molar-refractivity contribution in [2.75, 3.05) is 32.4 Å². The number of β-amino-alcohol motifs (C(OH)–C–C–N with tert-alkyl or cyclic N) is 1. The lowest BCUT2D eigenvalue weighted by molar-refractivity contribution is 0.0850. The third-order valence-electron chi connectivity index (χ3n) is 4.39. The Hall–Kier alpha value is -1.02. The highest BCUT2D eigenvalue weighted by molar-refractivity contribution is 7.88. The van der Waals surface area contributed by atoms with Gasteiger partial charge in [0.2, 0.25) is 10.0 Å². The third-order valence-corrected chi connectivity index (χ3v) is 5.80. The van der Waals surface area contributed by atoms with E-state index in [-0.39, 0.29) is 11.9 Å². The van der Waals surface area contributed by atoms with Crippen molar-refractivity contribution in [2.24, 2.45) is 0 Å².